The number of aromatic nitrogens is 1. The molecule has 1 N–H and O–H groups in total. The molecule has 0 spiro atoms. The van der Waals surface area contributed by atoms with Gasteiger partial charge in [0, 0.05) is 36.3 Å². The Balaban J connectivity index is 1.96. The third kappa shape index (κ3) is 4.00. The Morgan fingerprint density at radius 3 is 3.00 bits per heavy atom. The van der Waals surface area contributed by atoms with Crippen molar-refractivity contribution in [3.63, 3.8) is 0 Å². The molecule has 0 aliphatic heterocycles. The van der Waals surface area contributed by atoms with Crippen LogP contribution in [0, 0.1) is 0 Å². The third-order valence-electron chi connectivity index (χ3n) is 3.07. The van der Waals surface area contributed by atoms with Gasteiger partial charge in [-0.25, -0.2) is 0 Å². The van der Waals surface area contributed by atoms with Crippen LogP contribution in [0.25, 0.3) is 10.9 Å². The summed E-state index contributed by atoms with van der Waals surface area (Å²) in [5.74, 6) is 0. The second-order valence-corrected chi connectivity index (χ2v) is 5.34. The first-order valence-corrected chi connectivity index (χ1v) is 7.34. The molecule has 19 heavy (non-hydrogen) atoms. The molecule has 1 aromatic carbocycles. The molecule has 0 saturated heterocycles. The van der Waals surface area contributed by atoms with Gasteiger partial charge < -0.3 is 10.1 Å². The van der Waals surface area contributed by atoms with Crippen LogP contribution in [0.5, 0.6) is 0 Å². The van der Waals surface area contributed by atoms with Gasteiger partial charge in [-0.3, -0.25) is 4.98 Å². The van der Waals surface area contributed by atoms with E-state index >= 15 is 0 Å². The number of benzene rings is 1. The summed E-state index contributed by atoms with van der Waals surface area (Å²) in [5.41, 5.74) is 2.31. The number of halogens is 1. The summed E-state index contributed by atoms with van der Waals surface area (Å²) in [4.78, 5) is 4.48. The molecule has 0 fully saturated rings. The van der Waals surface area contributed by atoms with Crippen molar-refractivity contribution in [3.8, 4) is 0 Å². The monoisotopic (exact) mass is 322 g/mol. The summed E-state index contributed by atoms with van der Waals surface area (Å²) in [6.45, 7) is 2.70. The van der Waals surface area contributed by atoms with E-state index < -0.39 is 0 Å². The maximum absolute atomic E-state index is 5.03. The lowest BCUT2D eigenvalue weighted by molar-refractivity contribution is 0.192. The zero-order valence-electron chi connectivity index (χ0n) is 11.2. The van der Waals surface area contributed by atoms with E-state index in [-0.39, 0.29) is 0 Å². The highest BCUT2D eigenvalue weighted by molar-refractivity contribution is 9.10. The first-order valence-electron chi connectivity index (χ1n) is 6.54. The predicted octanol–water partition coefficient (Wildman–Crippen LogP) is 3.51. The number of nitrogens with zero attached hydrogens (tertiary/aromatic N) is 1. The van der Waals surface area contributed by atoms with E-state index in [2.05, 4.69) is 44.4 Å². The van der Waals surface area contributed by atoms with Crippen molar-refractivity contribution in [2.24, 2.45) is 0 Å². The summed E-state index contributed by atoms with van der Waals surface area (Å²) in [7, 11) is 1.74. The summed E-state index contributed by atoms with van der Waals surface area (Å²) < 4.78 is 6.13. The number of hydrogen-bond acceptors (Lipinski definition) is 3. The van der Waals surface area contributed by atoms with Gasteiger partial charge in [-0.15, -0.1) is 0 Å². The second kappa shape index (κ2) is 7.58. The smallest absolute Gasteiger partial charge is 0.0758 e. The van der Waals surface area contributed by atoms with E-state index in [1.165, 1.54) is 10.9 Å². The van der Waals surface area contributed by atoms with Crippen molar-refractivity contribution < 1.29 is 4.74 Å². The summed E-state index contributed by atoms with van der Waals surface area (Å²) in [6.07, 6.45) is 4.08. The molecule has 0 unspecified atom stereocenters. The molecule has 1 aromatic heterocycles. The standard InChI is InChI=1S/C15H19BrN2O/c1-19-10-3-2-8-17-11-12-6-7-14(16)13-5-4-9-18-15(12)13/h4-7,9,17H,2-3,8,10-11H2,1H3. The zero-order chi connectivity index (χ0) is 13.5. The second-order valence-electron chi connectivity index (χ2n) is 4.48. The van der Waals surface area contributed by atoms with Crippen LogP contribution in [0.4, 0.5) is 0 Å². The number of pyridine rings is 1. The van der Waals surface area contributed by atoms with Crippen LogP contribution < -0.4 is 5.32 Å². The molecular formula is C15H19BrN2O. The molecule has 0 aliphatic rings. The van der Waals surface area contributed by atoms with Crippen LogP contribution in [0.15, 0.2) is 34.9 Å². The first kappa shape index (κ1) is 14.4. The molecule has 1 heterocycles. The molecule has 2 rings (SSSR count). The predicted molar refractivity (Wildman–Crippen MR) is 82.3 cm³/mol. The van der Waals surface area contributed by atoms with E-state index in [9.17, 15) is 0 Å². The molecule has 0 amide bonds. The Bertz CT molecular complexity index is 531. The molecule has 0 atom stereocenters. The molecule has 102 valence electrons. The number of ether oxygens (including phenoxy) is 1. The Morgan fingerprint density at radius 2 is 2.16 bits per heavy atom. The summed E-state index contributed by atoms with van der Waals surface area (Å²) in [6, 6.07) is 8.27. The number of nitrogens with one attached hydrogen (secondary N) is 1. The van der Waals surface area contributed by atoms with Gasteiger partial charge in [0.15, 0.2) is 0 Å². The Labute approximate surface area is 122 Å². The van der Waals surface area contributed by atoms with Crippen LogP contribution >= 0.6 is 15.9 Å². The topological polar surface area (TPSA) is 34.1 Å². The zero-order valence-corrected chi connectivity index (χ0v) is 12.7. The Hall–Kier alpha value is -0.970. The van der Waals surface area contributed by atoms with Crippen LogP contribution in [0.1, 0.15) is 18.4 Å². The highest BCUT2D eigenvalue weighted by atomic mass is 79.9. The SMILES string of the molecule is COCCCCNCc1ccc(Br)c2cccnc12. The van der Waals surface area contributed by atoms with Gasteiger partial charge in [-0.05, 0) is 37.1 Å². The minimum atomic E-state index is 0.838. The molecule has 3 nitrogen and oxygen atoms in total. The van der Waals surface area contributed by atoms with E-state index in [4.69, 9.17) is 4.74 Å². The van der Waals surface area contributed by atoms with Crippen molar-refractivity contribution >= 4 is 26.8 Å². The van der Waals surface area contributed by atoms with Gasteiger partial charge in [0.25, 0.3) is 0 Å². The lowest BCUT2D eigenvalue weighted by Gasteiger charge is -2.08. The fourth-order valence-corrected chi connectivity index (χ4v) is 2.51. The molecule has 2 aromatic rings. The van der Waals surface area contributed by atoms with Crippen LogP contribution in [0.2, 0.25) is 0 Å². The first-order chi connectivity index (χ1) is 9.33. The highest BCUT2D eigenvalue weighted by Gasteiger charge is 2.04. The number of methoxy groups -OCH3 is 1. The molecule has 4 heteroatoms. The normalized spacial score (nSPS) is 11.1. The van der Waals surface area contributed by atoms with Crippen molar-refractivity contribution in [2.45, 2.75) is 19.4 Å². The van der Waals surface area contributed by atoms with Crippen molar-refractivity contribution in [3.05, 3.63) is 40.5 Å². The Kier molecular flexibility index (Phi) is 5.76. The number of hydrogen-bond donors (Lipinski definition) is 1. The summed E-state index contributed by atoms with van der Waals surface area (Å²) in [5, 5.41) is 4.63. The summed E-state index contributed by atoms with van der Waals surface area (Å²) >= 11 is 3.57. The van der Waals surface area contributed by atoms with Gasteiger partial charge >= 0.3 is 0 Å². The largest absolute Gasteiger partial charge is 0.385 e. The van der Waals surface area contributed by atoms with Gasteiger partial charge in [-0.1, -0.05) is 28.1 Å². The van der Waals surface area contributed by atoms with E-state index in [0.717, 1.165) is 42.5 Å². The van der Waals surface area contributed by atoms with Gasteiger partial charge in [0.05, 0.1) is 5.52 Å². The number of fused-ring (bicyclic) bond motifs is 1. The van der Waals surface area contributed by atoms with Crippen molar-refractivity contribution in [1.82, 2.24) is 10.3 Å². The molecule has 0 saturated carbocycles. The average Bonchev–Trinajstić information content (AvgIpc) is 2.45. The molecule has 0 aliphatic carbocycles. The maximum atomic E-state index is 5.03. The van der Waals surface area contributed by atoms with E-state index in [0.29, 0.717) is 0 Å². The van der Waals surface area contributed by atoms with Gasteiger partial charge in [0.2, 0.25) is 0 Å². The lowest BCUT2D eigenvalue weighted by atomic mass is 10.1. The van der Waals surface area contributed by atoms with Gasteiger partial charge in [0.1, 0.15) is 0 Å². The van der Waals surface area contributed by atoms with Gasteiger partial charge in [-0.2, -0.15) is 0 Å². The van der Waals surface area contributed by atoms with Crippen molar-refractivity contribution in [1.29, 1.82) is 0 Å². The molecule has 0 radical (unpaired) electrons. The Morgan fingerprint density at radius 1 is 1.26 bits per heavy atom. The maximum Gasteiger partial charge on any atom is 0.0758 e. The van der Waals surface area contributed by atoms with E-state index in [1.807, 2.05) is 12.3 Å². The van der Waals surface area contributed by atoms with Crippen LogP contribution in [-0.4, -0.2) is 25.2 Å². The minimum absolute atomic E-state index is 0.838. The number of unbranched alkanes of at least 4 members (excludes halogenated alkanes) is 1. The quantitative estimate of drug-likeness (QED) is 0.792. The fraction of sp³-hybridized carbons (Fsp3) is 0.400. The molecule has 0 bridgehead atoms. The van der Waals surface area contributed by atoms with Crippen LogP contribution in [0.3, 0.4) is 0 Å². The third-order valence-corrected chi connectivity index (χ3v) is 3.76. The average molecular weight is 323 g/mol. The molecular weight excluding hydrogens is 304 g/mol. The minimum Gasteiger partial charge on any atom is -0.385 e. The van der Waals surface area contributed by atoms with E-state index in [1.54, 1.807) is 7.11 Å². The number of rotatable bonds is 7. The van der Waals surface area contributed by atoms with Crippen LogP contribution in [-0.2, 0) is 11.3 Å². The fourth-order valence-electron chi connectivity index (χ4n) is 2.06. The van der Waals surface area contributed by atoms with Crippen molar-refractivity contribution in [2.75, 3.05) is 20.3 Å². The lowest BCUT2D eigenvalue weighted by Crippen LogP contribution is -2.15. The highest BCUT2D eigenvalue weighted by Crippen LogP contribution is 2.24.